The van der Waals surface area contributed by atoms with E-state index >= 15 is 0 Å². The van der Waals surface area contributed by atoms with Crippen molar-refractivity contribution >= 4 is 23.3 Å². The van der Waals surface area contributed by atoms with Crippen LogP contribution in [0.1, 0.15) is 17.8 Å². The van der Waals surface area contributed by atoms with E-state index in [2.05, 4.69) is 15.3 Å². The lowest BCUT2D eigenvalue weighted by molar-refractivity contribution is 0.183. The van der Waals surface area contributed by atoms with Gasteiger partial charge in [0.1, 0.15) is 6.10 Å². The summed E-state index contributed by atoms with van der Waals surface area (Å²) in [7, 11) is 0. The van der Waals surface area contributed by atoms with Crippen molar-refractivity contribution in [3.05, 3.63) is 46.7 Å². The van der Waals surface area contributed by atoms with Crippen LogP contribution >= 0.6 is 11.6 Å². The van der Waals surface area contributed by atoms with Crippen molar-refractivity contribution in [1.29, 1.82) is 0 Å². The van der Waals surface area contributed by atoms with Crippen molar-refractivity contribution in [1.82, 2.24) is 14.9 Å². The molecule has 3 rings (SSSR count). The van der Waals surface area contributed by atoms with Crippen LogP contribution in [0.25, 0.3) is 0 Å². The minimum Gasteiger partial charge on any atom is -0.458 e. The van der Waals surface area contributed by atoms with Crippen molar-refractivity contribution in [3.8, 4) is 6.01 Å². The molecule has 6 nitrogen and oxygen atoms in total. The highest BCUT2D eigenvalue weighted by Gasteiger charge is 2.28. The third-order valence-corrected chi connectivity index (χ3v) is 4.11. The molecule has 0 bridgehead atoms. The van der Waals surface area contributed by atoms with Crippen LogP contribution in [-0.4, -0.2) is 40.1 Å². The average molecular weight is 347 g/mol. The molecule has 1 atom stereocenters. The Hall–Kier alpha value is -2.34. The molecule has 0 radical (unpaired) electrons. The molecule has 0 aliphatic carbocycles. The van der Waals surface area contributed by atoms with Crippen LogP contribution in [0, 0.1) is 13.8 Å². The summed E-state index contributed by atoms with van der Waals surface area (Å²) in [4.78, 5) is 22.6. The highest BCUT2D eigenvalue weighted by Crippen LogP contribution is 2.22. The molecular weight excluding hydrogens is 328 g/mol. The molecule has 0 unspecified atom stereocenters. The smallest absolute Gasteiger partial charge is 0.322 e. The molecule has 1 fully saturated rings. The number of nitrogens with one attached hydrogen (secondary N) is 1. The molecular formula is C17H19ClN4O2. The summed E-state index contributed by atoms with van der Waals surface area (Å²) in [6.07, 6.45) is 0.634. The Morgan fingerprint density at radius 1 is 1.29 bits per heavy atom. The Bertz CT molecular complexity index is 733. The summed E-state index contributed by atoms with van der Waals surface area (Å²) < 4.78 is 5.82. The van der Waals surface area contributed by atoms with Gasteiger partial charge in [0.25, 0.3) is 0 Å². The minimum atomic E-state index is -0.185. The second-order valence-electron chi connectivity index (χ2n) is 5.82. The molecule has 126 valence electrons. The zero-order valence-electron chi connectivity index (χ0n) is 13.6. The van der Waals surface area contributed by atoms with E-state index in [9.17, 15) is 4.79 Å². The average Bonchev–Trinajstić information content (AvgIpc) is 2.97. The number of ether oxygens (including phenoxy) is 1. The van der Waals surface area contributed by atoms with Crippen LogP contribution < -0.4 is 10.1 Å². The van der Waals surface area contributed by atoms with Gasteiger partial charge in [0, 0.05) is 24.4 Å². The van der Waals surface area contributed by atoms with Gasteiger partial charge in [-0.1, -0.05) is 23.7 Å². The molecule has 1 N–H and O–H groups in total. The molecule has 1 aromatic carbocycles. The first kappa shape index (κ1) is 16.5. The molecule has 2 heterocycles. The van der Waals surface area contributed by atoms with E-state index < -0.39 is 0 Å². The van der Waals surface area contributed by atoms with Gasteiger partial charge in [-0.05, 0) is 32.0 Å². The van der Waals surface area contributed by atoms with Crippen LogP contribution in [0.15, 0.2) is 30.3 Å². The van der Waals surface area contributed by atoms with Gasteiger partial charge in [0.2, 0.25) is 0 Å². The van der Waals surface area contributed by atoms with Crippen molar-refractivity contribution in [2.45, 2.75) is 26.4 Å². The van der Waals surface area contributed by atoms with Crippen molar-refractivity contribution in [3.63, 3.8) is 0 Å². The SMILES string of the molecule is Cc1cc(C)nc(O[C@H]2CCN(C(=O)Nc3ccccc3Cl)C2)n1. The second kappa shape index (κ2) is 7.05. The largest absolute Gasteiger partial charge is 0.458 e. The summed E-state index contributed by atoms with van der Waals surface area (Å²) in [5.74, 6) is 0. The van der Waals surface area contributed by atoms with Crippen LogP contribution in [-0.2, 0) is 0 Å². The molecule has 24 heavy (non-hydrogen) atoms. The van der Waals surface area contributed by atoms with E-state index in [1.165, 1.54) is 0 Å². The fourth-order valence-corrected chi connectivity index (χ4v) is 2.84. The summed E-state index contributed by atoms with van der Waals surface area (Å²) in [6, 6.07) is 9.24. The Balaban J connectivity index is 1.58. The standard InChI is InChI=1S/C17H19ClN4O2/c1-11-9-12(2)20-16(19-11)24-13-7-8-22(10-13)17(23)21-15-6-4-3-5-14(15)18/h3-6,9,13H,7-8,10H2,1-2H3,(H,21,23)/t13-/m0/s1. The zero-order valence-corrected chi connectivity index (χ0v) is 14.4. The molecule has 1 aromatic heterocycles. The normalized spacial score (nSPS) is 17.0. The summed E-state index contributed by atoms with van der Waals surface area (Å²) >= 11 is 6.07. The Morgan fingerprint density at radius 3 is 2.71 bits per heavy atom. The Labute approximate surface area is 145 Å². The first-order chi connectivity index (χ1) is 11.5. The third-order valence-electron chi connectivity index (χ3n) is 3.78. The second-order valence-corrected chi connectivity index (χ2v) is 6.23. The number of para-hydroxylation sites is 1. The summed E-state index contributed by atoms with van der Waals surface area (Å²) in [6.45, 7) is 4.91. The topological polar surface area (TPSA) is 67.3 Å². The number of hydrogen-bond acceptors (Lipinski definition) is 4. The number of amides is 2. The number of carbonyl (C=O) groups is 1. The van der Waals surface area contributed by atoms with Gasteiger partial charge in [-0.25, -0.2) is 14.8 Å². The molecule has 0 spiro atoms. The van der Waals surface area contributed by atoms with Crippen molar-refractivity contribution in [2.75, 3.05) is 18.4 Å². The van der Waals surface area contributed by atoms with Crippen LogP contribution in [0.4, 0.5) is 10.5 Å². The number of aromatic nitrogens is 2. The van der Waals surface area contributed by atoms with Gasteiger partial charge < -0.3 is 15.0 Å². The van der Waals surface area contributed by atoms with E-state index in [0.29, 0.717) is 29.8 Å². The Kier molecular flexibility index (Phi) is 4.85. The molecule has 1 aliphatic rings. The van der Waals surface area contributed by atoms with E-state index in [-0.39, 0.29) is 12.1 Å². The maximum absolute atomic E-state index is 12.3. The number of urea groups is 1. The highest BCUT2D eigenvalue weighted by molar-refractivity contribution is 6.33. The fraction of sp³-hybridized carbons (Fsp3) is 0.353. The van der Waals surface area contributed by atoms with Gasteiger partial charge in [-0.2, -0.15) is 0 Å². The number of likely N-dealkylation sites (tertiary alicyclic amines) is 1. The number of rotatable bonds is 3. The van der Waals surface area contributed by atoms with E-state index in [1.54, 1.807) is 17.0 Å². The van der Waals surface area contributed by atoms with Gasteiger partial charge in [-0.15, -0.1) is 0 Å². The summed E-state index contributed by atoms with van der Waals surface area (Å²) in [5, 5.41) is 3.34. The molecule has 2 amide bonds. The number of nitrogens with zero attached hydrogens (tertiary/aromatic N) is 3. The number of benzene rings is 1. The minimum absolute atomic E-state index is 0.108. The molecule has 2 aromatic rings. The lowest BCUT2D eigenvalue weighted by Gasteiger charge is -2.18. The number of carbonyl (C=O) groups excluding carboxylic acids is 1. The van der Waals surface area contributed by atoms with Crippen LogP contribution in [0.5, 0.6) is 6.01 Å². The lowest BCUT2D eigenvalue weighted by Crippen LogP contribution is -2.34. The number of anilines is 1. The number of halogens is 1. The van der Waals surface area contributed by atoms with Gasteiger partial charge in [0.05, 0.1) is 17.3 Å². The maximum Gasteiger partial charge on any atom is 0.322 e. The van der Waals surface area contributed by atoms with Crippen LogP contribution in [0.3, 0.4) is 0 Å². The van der Waals surface area contributed by atoms with E-state index in [1.807, 2.05) is 32.0 Å². The first-order valence-corrected chi connectivity index (χ1v) is 8.18. The molecule has 7 heteroatoms. The van der Waals surface area contributed by atoms with E-state index in [0.717, 1.165) is 17.8 Å². The maximum atomic E-state index is 12.3. The zero-order chi connectivity index (χ0) is 17.1. The molecule has 1 saturated heterocycles. The summed E-state index contributed by atoms with van der Waals surface area (Å²) in [5.41, 5.74) is 2.33. The molecule has 1 aliphatic heterocycles. The van der Waals surface area contributed by atoms with Crippen LogP contribution in [0.2, 0.25) is 5.02 Å². The fourth-order valence-electron chi connectivity index (χ4n) is 2.66. The lowest BCUT2D eigenvalue weighted by atomic mass is 10.3. The van der Waals surface area contributed by atoms with Crippen molar-refractivity contribution in [2.24, 2.45) is 0 Å². The quantitative estimate of drug-likeness (QED) is 0.924. The van der Waals surface area contributed by atoms with Crippen molar-refractivity contribution < 1.29 is 9.53 Å². The van der Waals surface area contributed by atoms with E-state index in [4.69, 9.17) is 16.3 Å². The monoisotopic (exact) mass is 346 g/mol. The van der Waals surface area contributed by atoms with Gasteiger partial charge in [0.15, 0.2) is 0 Å². The predicted octanol–water partition coefficient (Wildman–Crippen LogP) is 3.43. The number of hydrogen-bond donors (Lipinski definition) is 1. The van der Waals surface area contributed by atoms with Gasteiger partial charge >= 0.3 is 12.0 Å². The molecule has 0 saturated carbocycles. The van der Waals surface area contributed by atoms with Gasteiger partial charge in [-0.3, -0.25) is 0 Å². The Morgan fingerprint density at radius 2 is 2.00 bits per heavy atom. The predicted molar refractivity (Wildman–Crippen MR) is 92.6 cm³/mol. The third kappa shape index (κ3) is 3.94. The number of aryl methyl sites for hydroxylation is 2. The highest BCUT2D eigenvalue weighted by atomic mass is 35.5. The first-order valence-electron chi connectivity index (χ1n) is 7.80.